The van der Waals surface area contributed by atoms with Gasteiger partial charge in [-0.2, -0.15) is 0 Å². The van der Waals surface area contributed by atoms with Crippen molar-refractivity contribution in [1.29, 1.82) is 0 Å². The Morgan fingerprint density at radius 2 is 1.71 bits per heavy atom. The Morgan fingerprint density at radius 1 is 1.14 bits per heavy atom. The van der Waals surface area contributed by atoms with Gasteiger partial charge >= 0.3 is 0 Å². The van der Waals surface area contributed by atoms with Gasteiger partial charge in [0.15, 0.2) is 0 Å². The van der Waals surface area contributed by atoms with Crippen LogP contribution in [0.15, 0.2) is 12.3 Å². The van der Waals surface area contributed by atoms with E-state index in [4.69, 9.17) is 4.74 Å². The van der Waals surface area contributed by atoms with Gasteiger partial charge in [0.05, 0.1) is 12.4 Å². The summed E-state index contributed by atoms with van der Waals surface area (Å²) in [6.07, 6.45) is 2.18. The van der Waals surface area contributed by atoms with E-state index in [9.17, 15) is 0 Å². The second-order valence-corrected chi connectivity index (χ2v) is 5.00. The molecule has 0 N–H and O–H groups in total. The standard InChI is InChI=1S/C13H26O/c1-10(2)7-8-13(6)14-9-12(5)11(3)4/h10-12H,6-9H2,1-5H3. The molecule has 0 aliphatic rings. The predicted octanol–water partition coefficient (Wildman–Crippen LogP) is 4.25. The van der Waals surface area contributed by atoms with Crippen molar-refractivity contribution >= 4 is 0 Å². The summed E-state index contributed by atoms with van der Waals surface area (Å²) >= 11 is 0. The van der Waals surface area contributed by atoms with Crippen molar-refractivity contribution < 1.29 is 4.74 Å². The van der Waals surface area contributed by atoms with Crippen molar-refractivity contribution in [2.24, 2.45) is 17.8 Å². The van der Waals surface area contributed by atoms with Crippen molar-refractivity contribution in [2.75, 3.05) is 6.61 Å². The number of rotatable bonds is 7. The van der Waals surface area contributed by atoms with E-state index in [1.54, 1.807) is 0 Å². The van der Waals surface area contributed by atoms with Gasteiger partial charge in [0.2, 0.25) is 0 Å². The lowest BCUT2D eigenvalue weighted by atomic mass is 9.99. The van der Waals surface area contributed by atoms with Crippen LogP contribution in [-0.4, -0.2) is 6.61 Å². The predicted molar refractivity (Wildman–Crippen MR) is 63.2 cm³/mol. The van der Waals surface area contributed by atoms with Gasteiger partial charge in [-0.15, -0.1) is 0 Å². The Hall–Kier alpha value is -0.460. The fourth-order valence-electron chi connectivity index (χ4n) is 0.964. The number of hydrogen-bond acceptors (Lipinski definition) is 1. The maximum absolute atomic E-state index is 5.62. The molecule has 0 aliphatic carbocycles. The van der Waals surface area contributed by atoms with E-state index < -0.39 is 0 Å². The lowest BCUT2D eigenvalue weighted by molar-refractivity contribution is 0.142. The summed E-state index contributed by atoms with van der Waals surface area (Å²) in [5.41, 5.74) is 0. The van der Waals surface area contributed by atoms with E-state index in [2.05, 4.69) is 41.2 Å². The molecule has 0 saturated heterocycles. The third-order valence-corrected chi connectivity index (χ3v) is 2.69. The van der Waals surface area contributed by atoms with E-state index in [-0.39, 0.29) is 0 Å². The largest absolute Gasteiger partial charge is 0.498 e. The Labute approximate surface area is 89.5 Å². The van der Waals surface area contributed by atoms with Gasteiger partial charge in [-0.05, 0) is 24.2 Å². The second-order valence-electron chi connectivity index (χ2n) is 5.00. The molecule has 0 aromatic heterocycles. The zero-order valence-corrected chi connectivity index (χ0v) is 10.5. The maximum atomic E-state index is 5.62. The topological polar surface area (TPSA) is 9.23 Å². The van der Waals surface area contributed by atoms with Gasteiger partial charge in [0.1, 0.15) is 0 Å². The van der Waals surface area contributed by atoms with Crippen LogP contribution in [0.2, 0.25) is 0 Å². The first-order valence-corrected chi connectivity index (χ1v) is 5.74. The molecule has 0 aromatic carbocycles. The highest BCUT2D eigenvalue weighted by atomic mass is 16.5. The van der Waals surface area contributed by atoms with Crippen LogP contribution in [-0.2, 0) is 4.74 Å². The van der Waals surface area contributed by atoms with Gasteiger partial charge in [0, 0.05) is 6.42 Å². The lowest BCUT2D eigenvalue weighted by Gasteiger charge is -2.17. The Bertz CT molecular complexity index is 159. The Balaban J connectivity index is 3.54. The molecule has 0 heterocycles. The van der Waals surface area contributed by atoms with Crippen LogP contribution < -0.4 is 0 Å². The number of allylic oxidation sites excluding steroid dienone is 1. The van der Waals surface area contributed by atoms with Crippen molar-refractivity contribution in [1.82, 2.24) is 0 Å². The van der Waals surface area contributed by atoms with Crippen LogP contribution in [0.5, 0.6) is 0 Å². The summed E-state index contributed by atoms with van der Waals surface area (Å²) in [6.45, 7) is 15.9. The second kappa shape index (κ2) is 6.92. The molecule has 0 saturated carbocycles. The van der Waals surface area contributed by atoms with Crippen LogP contribution in [0, 0.1) is 17.8 Å². The summed E-state index contributed by atoms with van der Waals surface area (Å²) in [5, 5.41) is 0. The zero-order valence-electron chi connectivity index (χ0n) is 10.5. The molecule has 84 valence electrons. The summed E-state index contributed by atoms with van der Waals surface area (Å²) in [7, 11) is 0. The zero-order chi connectivity index (χ0) is 11.1. The van der Waals surface area contributed by atoms with Crippen LogP contribution >= 0.6 is 0 Å². The van der Waals surface area contributed by atoms with Crippen LogP contribution in [0.1, 0.15) is 47.5 Å². The molecule has 0 rings (SSSR count). The van der Waals surface area contributed by atoms with Crippen LogP contribution in [0.3, 0.4) is 0 Å². The van der Waals surface area contributed by atoms with Crippen molar-refractivity contribution in [2.45, 2.75) is 47.5 Å². The van der Waals surface area contributed by atoms with Crippen LogP contribution in [0.4, 0.5) is 0 Å². The quantitative estimate of drug-likeness (QED) is 0.556. The van der Waals surface area contributed by atoms with E-state index in [1.807, 2.05) is 0 Å². The first-order chi connectivity index (χ1) is 6.43. The molecule has 14 heavy (non-hydrogen) atoms. The van der Waals surface area contributed by atoms with Crippen molar-refractivity contribution in [3.05, 3.63) is 12.3 Å². The van der Waals surface area contributed by atoms with E-state index in [1.165, 1.54) is 6.42 Å². The molecule has 0 fully saturated rings. The van der Waals surface area contributed by atoms with E-state index in [0.29, 0.717) is 11.8 Å². The molecule has 0 aromatic rings. The van der Waals surface area contributed by atoms with Crippen LogP contribution in [0.25, 0.3) is 0 Å². The lowest BCUT2D eigenvalue weighted by Crippen LogP contribution is -2.11. The molecular formula is C13H26O. The highest BCUT2D eigenvalue weighted by Crippen LogP contribution is 2.15. The minimum atomic E-state index is 0.616. The number of hydrogen-bond donors (Lipinski definition) is 0. The molecule has 0 spiro atoms. The molecule has 1 atom stereocenters. The normalized spacial score (nSPS) is 13.4. The Morgan fingerprint density at radius 3 is 2.14 bits per heavy atom. The van der Waals surface area contributed by atoms with Gasteiger partial charge in [-0.3, -0.25) is 0 Å². The average Bonchev–Trinajstić information content (AvgIpc) is 2.10. The fraction of sp³-hybridized carbons (Fsp3) is 0.846. The third kappa shape index (κ3) is 6.99. The summed E-state index contributed by atoms with van der Waals surface area (Å²) in [6, 6.07) is 0. The first-order valence-electron chi connectivity index (χ1n) is 5.74. The SMILES string of the molecule is C=C(CCC(C)C)OCC(C)C(C)C. The minimum absolute atomic E-state index is 0.616. The van der Waals surface area contributed by atoms with Gasteiger partial charge < -0.3 is 4.74 Å². The van der Waals surface area contributed by atoms with Crippen molar-refractivity contribution in [3.8, 4) is 0 Å². The minimum Gasteiger partial charge on any atom is -0.498 e. The van der Waals surface area contributed by atoms with Gasteiger partial charge in [-0.1, -0.05) is 41.2 Å². The van der Waals surface area contributed by atoms with Crippen molar-refractivity contribution in [3.63, 3.8) is 0 Å². The average molecular weight is 198 g/mol. The molecule has 0 amide bonds. The summed E-state index contributed by atoms with van der Waals surface area (Å²) < 4.78 is 5.62. The third-order valence-electron chi connectivity index (χ3n) is 2.69. The summed E-state index contributed by atoms with van der Waals surface area (Å²) in [5.74, 6) is 2.99. The molecule has 1 nitrogen and oxygen atoms in total. The fourth-order valence-corrected chi connectivity index (χ4v) is 0.964. The Kier molecular flexibility index (Phi) is 6.69. The van der Waals surface area contributed by atoms with E-state index in [0.717, 1.165) is 24.7 Å². The highest BCUT2D eigenvalue weighted by Gasteiger charge is 2.08. The number of ether oxygens (including phenoxy) is 1. The molecule has 0 radical (unpaired) electrons. The van der Waals surface area contributed by atoms with Gasteiger partial charge in [0.25, 0.3) is 0 Å². The van der Waals surface area contributed by atoms with Gasteiger partial charge in [-0.25, -0.2) is 0 Å². The molecular weight excluding hydrogens is 172 g/mol. The monoisotopic (exact) mass is 198 g/mol. The summed E-state index contributed by atoms with van der Waals surface area (Å²) in [4.78, 5) is 0. The first kappa shape index (κ1) is 13.5. The molecule has 0 aliphatic heterocycles. The molecule has 0 bridgehead atoms. The van der Waals surface area contributed by atoms with E-state index >= 15 is 0 Å². The highest BCUT2D eigenvalue weighted by molar-refractivity contribution is 4.82. The molecule has 1 heteroatoms. The molecule has 1 unspecified atom stereocenters. The smallest absolute Gasteiger partial charge is 0.0905 e. The maximum Gasteiger partial charge on any atom is 0.0905 e.